The van der Waals surface area contributed by atoms with Crippen LogP contribution >= 0.6 is 0 Å². The van der Waals surface area contributed by atoms with Crippen LogP contribution in [0.4, 0.5) is 0 Å². The van der Waals surface area contributed by atoms with Gasteiger partial charge in [0.05, 0.1) is 12.2 Å². The zero-order valence-electron chi connectivity index (χ0n) is 10.5. The molecule has 0 radical (unpaired) electrons. The van der Waals surface area contributed by atoms with E-state index in [1.165, 1.54) is 6.92 Å². The molecule has 2 fully saturated rings. The third-order valence-corrected chi connectivity index (χ3v) is 4.77. The van der Waals surface area contributed by atoms with Gasteiger partial charge in [0.25, 0.3) is 0 Å². The average Bonchev–Trinajstić information content (AvgIpc) is 2.48. The monoisotopic (exact) mass is 240 g/mol. The topological polar surface area (TPSA) is 63.6 Å². The highest BCUT2D eigenvalue weighted by molar-refractivity contribution is 5.81. The highest BCUT2D eigenvalue weighted by Gasteiger charge is 2.58. The molecule has 0 heterocycles. The van der Waals surface area contributed by atoms with Gasteiger partial charge in [0.15, 0.2) is 0 Å². The standard InChI is InChI=1S/C13H20O4/c1-9(14)17-8-10-3-6-13(16)7-11(15)4-5-12(10,13)2/h10,16H,3-8H2,1-2H3/t10-,12-,13+/m1/s1. The van der Waals surface area contributed by atoms with Gasteiger partial charge in [-0.2, -0.15) is 0 Å². The minimum atomic E-state index is -0.882. The van der Waals surface area contributed by atoms with Crippen LogP contribution in [0.15, 0.2) is 0 Å². The molecule has 2 saturated carbocycles. The second kappa shape index (κ2) is 4.09. The fourth-order valence-corrected chi connectivity index (χ4v) is 3.42. The van der Waals surface area contributed by atoms with Crippen molar-refractivity contribution in [1.29, 1.82) is 0 Å². The van der Waals surface area contributed by atoms with E-state index in [2.05, 4.69) is 0 Å². The van der Waals surface area contributed by atoms with E-state index in [1.54, 1.807) is 0 Å². The maximum absolute atomic E-state index is 11.5. The van der Waals surface area contributed by atoms with Crippen LogP contribution in [0.25, 0.3) is 0 Å². The van der Waals surface area contributed by atoms with Crippen LogP contribution in [-0.2, 0) is 14.3 Å². The summed E-state index contributed by atoms with van der Waals surface area (Å²) in [6, 6.07) is 0. The van der Waals surface area contributed by atoms with Crippen LogP contribution < -0.4 is 0 Å². The number of hydrogen-bond donors (Lipinski definition) is 1. The maximum atomic E-state index is 11.5. The average molecular weight is 240 g/mol. The van der Waals surface area contributed by atoms with Crippen LogP contribution in [0.3, 0.4) is 0 Å². The van der Waals surface area contributed by atoms with Crippen molar-refractivity contribution >= 4 is 11.8 Å². The second-order valence-corrected chi connectivity index (χ2v) is 5.70. The number of rotatable bonds is 2. The molecule has 2 aliphatic rings. The number of carbonyl (C=O) groups excluding carboxylic acids is 2. The lowest BCUT2D eigenvalue weighted by Gasteiger charge is -2.45. The summed E-state index contributed by atoms with van der Waals surface area (Å²) in [5.74, 6) is 0.0403. The molecule has 0 aliphatic heterocycles. The van der Waals surface area contributed by atoms with Crippen molar-refractivity contribution in [3.05, 3.63) is 0 Å². The summed E-state index contributed by atoms with van der Waals surface area (Å²) < 4.78 is 5.08. The first-order valence-corrected chi connectivity index (χ1v) is 6.25. The lowest BCUT2D eigenvalue weighted by atomic mass is 9.62. The Hall–Kier alpha value is -0.900. The van der Waals surface area contributed by atoms with Crippen molar-refractivity contribution in [3.63, 3.8) is 0 Å². The predicted molar refractivity (Wildman–Crippen MR) is 61.3 cm³/mol. The van der Waals surface area contributed by atoms with Crippen molar-refractivity contribution in [3.8, 4) is 0 Å². The summed E-state index contributed by atoms with van der Waals surface area (Å²) in [7, 11) is 0. The van der Waals surface area contributed by atoms with E-state index in [1.807, 2.05) is 6.92 Å². The molecule has 2 aliphatic carbocycles. The van der Waals surface area contributed by atoms with Crippen LogP contribution in [0.5, 0.6) is 0 Å². The Bertz CT molecular complexity index is 351. The number of ketones is 1. The quantitative estimate of drug-likeness (QED) is 0.742. The Kier molecular flexibility index (Phi) is 3.02. The summed E-state index contributed by atoms with van der Waals surface area (Å²) in [5, 5.41) is 10.6. The van der Waals surface area contributed by atoms with Crippen molar-refractivity contribution in [2.45, 2.75) is 51.6 Å². The van der Waals surface area contributed by atoms with Gasteiger partial charge in [-0.3, -0.25) is 9.59 Å². The van der Waals surface area contributed by atoms with E-state index >= 15 is 0 Å². The molecule has 2 rings (SSSR count). The Morgan fingerprint density at radius 1 is 1.53 bits per heavy atom. The van der Waals surface area contributed by atoms with Gasteiger partial charge in [0, 0.05) is 31.1 Å². The molecule has 4 heteroatoms. The van der Waals surface area contributed by atoms with Crippen molar-refractivity contribution in [1.82, 2.24) is 0 Å². The lowest BCUT2D eigenvalue weighted by Crippen LogP contribution is -2.50. The molecule has 0 bridgehead atoms. The Balaban J connectivity index is 2.12. The number of fused-ring (bicyclic) bond motifs is 1. The molecule has 96 valence electrons. The van der Waals surface area contributed by atoms with E-state index in [9.17, 15) is 14.7 Å². The molecular formula is C13H20O4. The molecule has 1 N–H and O–H groups in total. The summed E-state index contributed by atoms with van der Waals surface area (Å²) in [6.45, 7) is 3.79. The predicted octanol–water partition coefficient (Wildman–Crippen LogP) is 1.45. The van der Waals surface area contributed by atoms with Gasteiger partial charge in [-0.1, -0.05) is 6.92 Å². The van der Waals surface area contributed by atoms with E-state index in [0.29, 0.717) is 25.9 Å². The molecular weight excluding hydrogens is 220 g/mol. The Labute approximate surface area is 101 Å². The van der Waals surface area contributed by atoms with E-state index < -0.39 is 5.60 Å². The van der Waals surface area contributed by atoms with Gasteiger partial charge in [-0.25, -0.2) is 0 Å². The van der Waals surface area contributed by atoms with E-state index in [4.69, 9.17) is 4.74 Å². The van der Waals surface area contributed by atoms with Crippen LogP contribution in [-0.4, -0.2) is 29.1 Å². The van der Waals surface area contributed by atoms with Gasteiger partial charge >= 0.3 is 5.97 Å². The van der Waals surface area contributed by atoms with Gasteiger partial charge in [0.1, 0.15) is 5.78 Å². The summed E-state index contributed by atoms with van der Waals surface area (Å²) in [5.41, 5.74) is -1.16. The van der Waals surface area contributed by atoms with Crippen LogP contribution in [0.1, 0.15) is 46.0 Å². The largest absolute Gasteiger partial charge is 0.466 e. The third-order valence-electron chi connectivity index (χ3n) is 4.77. The van der Waals surface area contributed by atoms with Gasteiger partial charge < -0.3 is 9.84 Å². The first kappa shape index (κ1) is 12.6. The second-order valence-electron chi connectivity index (χ2n) is 5.70. The molecule has 0 saturated heterocycles. The number of esters is 1. The highest BCUT2D eigenvalue weighted by Crippen LogP contribution is 2.57. The summed E-state index contributed by atoms with van der Waals surface area (Å²) >= 11 is 0. The zero-order valence-corrected chi connectivity index (χ0v) is 10.5. The first-order valence-electron chi connectivity index (χ1n) is 6.25. The number of ether oxygens (including phenoxy) is 1. The SMILES string of the molecule is CC(=O)OC[C@H]1CC[C@]2(O)CC(=O)CC[C@]12C. The van der Waals surface area contributed by atoms with E-state index in [-0.39, 0.29) is 29.5 Å². The molecule has 4 nitrogen and oxygen atoms in total. The Morgan fingerprint density at radius 3 is 2.88 bits per heavy atom. The zero-order chi connectivity index (χ0) is 12.7. The fraction of sp³-hybridized carbons (Fsp3) is 0.846. The molecule has 0 amide bonds. The minimum absolute atomic E-state index is 0.151. The summed E-state index contributed by atoms with van der Waals surface area (Å²) in [4.78, 5) is 22.3. The first-order chi connectivity index (χ1) is 7.87. The smallest absolute Gasteiger partial charge is 0.302 e. The molecule has 0 spiro atoms. The minimum Gasteiger partial charge on any atom is -0.466 e. The third kappa shape index (κ3) is 1.99. The maximum Gasteiger partial charge on any atom is 0.302 e. The van der Waals surface area contributed by atoms with Gasteiger partial charge in [-0.15, -0.1) is 0 Å². The number of hydrogen-bond acceptors (Lipinski definition) is 4. The number of carbonyl (C=O) groups is 2. The molecule has 0 aromatic carbocycles. The van der Waals surface area contributed by atoms with E-state index in [0.717, 1.165) is 6.42 Å². The molecule has 0 aromatic heterocycles. The molecule has 3 atom stereocenters. The number of aliphatic hydroxyl groups is 1. The van der Waals surface area contributed by atoms with Gasteiger partial charge in [0.2, 0.25) is 0 Å². The van der Waals surface area contributed by atoms with Crippen molar-refractivity contribution < 1.29 is 19.4 Å². The van der Waals surface area contributed by atoms with Crippen molar-refractivity contribution in [2.75, 3.05) is 6.61 Å². The van der Waals surface area contributed by atoms with Crippen LogP contribution in [0.2, 0.25) is 0 Å². The molecule has 0 unspecified atom stereocenters. The molecule has 0 aromatic rings. The highest BCUT2D eigenvalue weighted by atomic mass is 16.5. The van der Waals surface area contributed by atoms with Crippen molar-refractivity contribution in [2.24, 2.45) is 11.3 Å². The lowest BCUT2D eigenvalue weighted by molar-refractivity contribution is -0.153. The van der Waals surface area contributed by atoms with Gasteiger partial charge in [-0.05, 0) is 19.3 Å². The molecule has 17 heavy (non-hydrogen) atoms. The fourth-order valence-electron chi connectivity index (χ4n) is 3.42. The number of Topliss-reactive ketones (excluding diaryl/α,β-unsaturated/α-hetero) is 1. The van der Waals surface area contributed by atoms with Crippen LogP contribution in [0, 0.1) is 11.3 Å². The Morgan fingerprint density at radius 2 is 2.24 bits per heavy atom. The summed E-state index contributed by atoms with van der Waals surface area (Å²) in [6.07, 6.45) is 2.97. The normalized spacial score (nSPS) is 41.1.